The molecule has 1 heterocycles. The minimum Gasteiger partial charge on any atom is -0.456 e. The highest BCUT2D eigenvalue weighted by Crippen LogP contribution is 2.38. The van der Waals surface area contributed by atoms with Crippen molar-refractivity contribution in [1.29, 1.82) is 0 Å². The third kappa shape index (κ3) is 5.83. The predicted molar refractivity (Wildman–Crippen MR) is 107 cm³/mol. The highest BCUT2D eigenvalue weighted by atomic mass is 35.5. The van der Waals surface area contributed by atoms with E-state index >= 15 is 0 Å². The second kappa shape index (κ2) is 9.77. The summed E-state index contributed by atoms with van der Waals surface area (Å²) in [6, 6.07) is 10.6. The van der Waals surface area contributed by atoms with Gasteiger partial charge in [0.05, 0.1) is 23.0 Å². The molecule has 0 radical (unpaired) electrons. The molecule has 7 nitrogen and oxygen atoms in total. The van der Waals surface area contributed by atoms with Gasteiger partial charge in [0.25, 0.3) is 5.91 Å². The fraction of sp³-hybridized carbons (Fsp3) is 0.211. The molecule has 2 N–H and O–H groups in total. The van der Waals surface area contributed by atoms with E-state index in [0.717, 1.165) is 4.90 Å². The van der Waals surface area contributed by atoms with Crippen molar-refractivity contribution in [3.8, 4) is 5.75 Å². The van der Waals surface area contributed by atoms with E-state index in [2.05, 4.69) is 15.4 Å². The molecule has 1 atom stereocenters. The lowest BCUT2D eigenvalue weighted by atomic mass is 10.2. The van der Waals surface area contributed by atoms with Crippen LogP contribution >= 0.6 is 23.4 Å². The Hall–Kier alpha value is -2.85. The van der Waals surface area contributed by atoms with Gasteiger partial charge in [0, 0.05) is 9.92 Å². The first-order valence-electron chi connectivity index (χ1n) is 8.58. The SMILES string of the molecule is O=C(COC(=O)CC1Sc2ccc(Cl)cc2NC1=O)Nc1ccccc1OC(F)F. The molecule has 1 unspecified atom stereocenters. The molecular formula is C19H15ClF2N2O5S. The smallest absolute Gasteiger partial charge is 0.387 e. The van der Waals surface area contributed by atoms with E-state index in [0.29, 0.717) is 10.7 Å². The third-order valence-corrected chi connectivity index (χ3v) is 5.36. The van der Waals surface area contributed by atoms with Crippen molar-refractivity contribution in [3.63, 3.8) is 0 Å². The topological polar surface area (TPSA) is 93.7 Å². The van der Waals surface area contributed by atoms with E-state index in [-0.39, 0.29) is 23.8 Å². The summed E-state index contributed by atoms with van der Waals surface area (Å²) in [6.07, 6.45) is -0.253. The summed E-state index contributed by atoms with van der Waals surface area (Å²) in [5, 5.41) is 4.74. The summed E-state index contributed by atoms with van der Waals surface area (Å²) < 4.78 is 34.0. The maximum Gasteiger partial charge on any atom is 0.387 e. The van der Waals surface area contributed by atoms with E-state index < -0.39 is 30.3 Å². The summed E-state index contributed by atoms with van der Waals surface area (Å²) in [4.78, 5) is 37.0. The Bertz CT molecular complexity index is 976. The van der Waals surface area contributed by atoms with Crippen molar-refractivity contribution in [2.75, 3.05) is 17.2 Å². The molecule has 11 heteroatoms. The van der Waals surface area contributed by atoms with Gasteiger partial charge in [0.2, 0.25) is 5.91 Å². The Balaban J connectivity index is 1.51. The summed E-state index contributed by atoms with van der Waals surface area (Å²) in [6.45, 7) is -3.70. The minimum atomic E-state index is -3.05. The molecule has 0 saturated heterocycles. The monoisotopic (exact) mass is 456 g/mol. The number of fused-ring (bicyclic) bond motifs is 1. The van der Waals surface area contributed by atoms with Crippen molar-refractivity contribution < 1.29 is 32.6 Å². The van der Waals surface area contributed by atoms with Gasteiger partial charge in [-0.2, -0.15) is 8.78 Å². The number of halogens is 3. The maximum absolute atomic E-state index is 12.4. The molecule has 0 saturated carbocycles. The van der Waals surface area contributed by atoms with Crippen LogP contribution < -0.4 is 15.4 Å². The predicted octanol–water partition coefficient (Wildman–Crippen LogP) is 3.93. The van der Waals surface area contributed by atoms with Crippen LogP contribution in [0.2, 0.25) is 5.02 Å². The molecule has 2 amide bonds. The molecule has 30 heavy (non-hydrogen) atoms. The number of hydrogen-bond acceptors (Lipinski definition) is 6. The van der Waals surface area contributed by atoms with Crippen LogP contribution in [-0.4, -0.2) is 36.3 Å². The first-order valence-corrected chi connectivity index (χ1v) is 9.84. The van der Waals surface area contributed by atoms with Crippen LogP contribution in [0.1, 0.15) is 6.42 Å². The van der Waals surface area contributed by atoms with Crippen molar-refractivity contribution in [2.24, 2.45) is 0 Å². The van der Waals surface area contributed by atoms with E-state index in [1.54, 1.807) is 18.2 Å². The summed E-state index contributed by atoms with van der Waals surface area (Å²) in [7, 11) is 0. The van der Waals surface area contributed by atoms with Gasteiger partial charge in [-0.05, 0) is 30.3 Å². The Morgan fingerprint density at radius 2 is 2.00 bits per heavy atom. The number of benzene rings is 2. The molecule has 1 aliphatic rings. The first kappa shape index (κ1) is 21.8. The fourth-order valence-electron chi connectivity index (χ4n) is 2.57. The number of para-hydroxylation sites is 2. The van der Waals surface area contributed by atoms with Gasteiger partial charge in [-0.15, -0.1) is 11.8 Å². The fourth-order valence-corrected chi connectivity index (χ4v) is 3.82. The molecule has 0 aromatic heterocycles. The number of carbonyl (C=O) groups excluding carboxylic acids is 3. The average Bonchev–Trinajstić information content (AvgIpc) is 2.68. The molecule has 158 valence electrons. The highest BCUT2D eigenvalue weighted by Gasteiger charge is 2.30. The second-order valence-corrected chi connectivity index (χ2v) is 7.70. The number of thioether (sulfide) groups is 1. The largest absolute Gasteiger partial charge is 0.456 e. The van der Waals surface area contributed by atoms with Gasteiger partial charge >= 0.3 is 12.6 Å². The lowest BCUT2D eigenvalue weighted by molar-refractivity contribution is -0.147. The normalized spacial score (nSPS) is 15.2. The number of rotatable bonds is 7. The molecular weight excluding hydrogens is 442 g/mol. The van der Waals surface area contributed by atoms with Gasteiger partial charge < -0.3 is 20.1 Å². The second-order valence-electron chi connectivity index (χ2n) is 6.02. The van der Waals surface area contributed by atoms with Gasteiger partial charge in [-0.25, -0.2) is 0 Å². The molecule has 0 bridgehead atoms. The molecule has 0 fully saturated rings. The third-order valence-electron chi connectivity index (χ3n) is 3.85. The average molecular weight is 457 g/mol. The number of nitrogens with one attached hydrogen (secondary N) is 2. The van der Waals surface area contributed by atoms with Crippen LogP contribution in [0.15, 0.2) is 47.4 Å². The van der Waals surface area contributed by atoms with Crippen molar-refractivity contribution in [1.82, 2.24) is 0 Å². The van der Waals surface area contributed by atoms with Crippen LogP contribution in [0.4, 0.5) is 20.2 Å². The Morgan fingerprint density at radius 3 is 2.77 bits per heavy atom. The molecule has 0 spiro atoms. The number of hydrogen-bond donors (Lipinski definition) is 2. The van der Waals surface area contributed by atoms with E-state index in [1.807, 2.05) is 0 Å². The Morgan fingerprint density at radius 1 is 1.23 bits per heavy atom. The highest BCUT2D eigenvalue weighted by molar-refractivity contribution is 8.01. The van der Waals surface area contributed by atoms with Crippen LogP contribution in [0.3, 0.4) is 0 Å². The van der Waals surface area contributed by atoms with Gasteiger partial charge in [-0.1, -0.05) is 23.7 Å². The van der Waals surface area contributed by atoms with E-state index in [4.69, 9.17) is 16.3 Å². The number of alkyl halides is 2. The van der Waals surface area contributed by atoms with E-state index in [9.17, 15) is 23.2 Å². The quantitative estimate of drug-likeness (QED) is 0.613. The lowest BCUT2D eigenvalue weighted by Crippen LogP contribution is -2.32. The number of anilines is 2. The van der Waals surface area contributed by atoms with Crippen LogP contribution in [0.5, 0.6) is 5.75 Å². The lowest BCUT2D eigenvalue weighted by Gasteiger charge is -2.23. The zero-order valence-electron chi connectivity index (χ0n) is 15.2. The number of amides is 2. The number of carbonyl (C=O) groups is 3. The maximum atomic E-state index is 12.4. The van der Waals surface area contributed by atoms with Gasteiger partial charge in [0.15, 0.2) is 6.61 Å². The number of esters is 1. The summed E-state index contributed by atoms with van der Waals surface area (Å²) in [5.74, 6) is -2.10. The van der Waals surface area contributed by atoms with Gasteiger partial charge in [0.1, 0.15) is 5.75 Å². The van der Waals surface area contributed by atoms with Gasteiger partial charge in [-0.3, -0.25) is 14.4 Å². The molecule has 3 rings (SSSR count). The van der Waals surface area contributed by atoms with Crippen LogP contribution in [0.25, 0.3) is 0 Å². The standard InChI is InChI=1S/C19H15ClF2N2O5S/c20-10-5-6-14-12(7-10)24-18(27)15(30-14)8-17(26)28-9-16(25)23-11-3-1-2-4-13(11)29-19(21)22/h1-7,15,19H,8-9H2,(H,23,25)(H,24,27). The van der Waals surface area contributed by atoms with Crippen molar-refractivity contribution in [3.05, 3.63) is 47.5 Å². The Kier molecular flexibility index (Phi) is 7.11. The summed E-state index contributed by atoms with van der Waals surface area (Å²) in [5.41, 5.74) is 0.572. The number of ether oxygens (including phenoxy) is 2. The first-order chi connectivity index (χ1) is 14.3. The van der Waals surface area contributed by atoms with E-state index in [1.165, 1.54) is 36.0 Å². The molecule has 1 aliphatic heterocycles. The molecule has 0 aliphatic carbocycles. The van der Waals surface area contributed by atoms with Crippen LogP contribution in [-0.2, 0) is 19.1 Å². The molecule has 2 aromatic rings. The zero-order chi connectivity index (χ0) is 21.7. The summed E-state index contributed by atoms with van der Waals surface area (Å²) >= 11 is 7.08. The Labute approximate surface area is 179 Å². The minimum absolute atomic E-state index is 0.0105. The van der Waals surface area contributed by atoms with Crippen molar-refractivity contribution >= 4 is 52.5 Å². The molecule has 2 aromatic carbocycles. The van der Waals surface area contributed by atoms with Crippen LogP contribution in [0, 0.1) is 0 Å². The van der Waals surface area contributed by atoms with Crippen molar-refractivity contribution in [2.45, 2.75) is 23.2 Å². The zero-order valence-corrected chi connectivity index (χ0v) is 16.8.